The van der Waals surface area contributed by atoms with E-state index < -0.39 is 8.32 Å². The normalized spacial score (nSPS) is 13.2. The maximum atomic E-state index is 11.3. The van der Waals surface area contributed by atoms with Crippen molar-refractivity contribution in [3.05, 3.63) is 24.5 Å². The molecule has 0 N–H and O–H groups in total. The van der Waals surface area contributed by atoms with Gasteiger partial charge in [-0.15, -0.1) is 0 Å². The monoisotopic (exact) mass is 256 g/mol. The van der Waals surface area contributed by atoms with Crippen LogP contribution in [0.5, 0.6) is 0 Å². The molecule has 0 atom stereocenters. The van der Waals surface area contributed by atoms with Gasteiger partial charge in [0, 0.05) is 0 Å². The van der Waals surface area contributed by atoms with Gasteiger partial charge in [-0.3, -0.25) is 0 Å². The summed E-state index contributed by atoms with van der Waals surface area (Å²) in [6.45, 7) is 16.5. The molecule has 0 rings (SSSR count). The molecule has 0 saturated heterocycles. The highest BCUT2D eigenvalue weighted by Gasteiger charge is 2.39. The van der Waals surface area contributed by atoms with E-state index in [9.17, 15) is 4.79 Å². The second-order valence-electron chi connectivity index (χ2n) is 5.37. The summed E-state index contributed by atoms with van der Waals surface area (Å²) in [5.41, 5.74) is 0. The Morgan fingerprint density at radius 1 is 1.35 bits per heavy atom. The van der Waals surface area contributed by atoms with Crippen molar-refractivity contribution in [2.75, 3.05) is 6.61 Å². The standard InChI is InChI=1S/C13H24O3Si/c1-8-11(10-12(14)15-9-2)16-17(6,7)13(3,4)5/h8,10H,1,9H2,2-7H3/b11-10-. The highest BCUT2D eigenvalue weighted by atomic mass is 28.4. The lowest BCUT2D eigenvalue weighted by atomic mass is 10.2. The summed E-state index contributed by atoms with van der Waals surface area (Å²) in [6, 6.07) is 0. The second kappa shape index (κ2) is 6.05. The van der Waals surface area contributed by atoms with E-state index in [-0.39, 0.29) is 11.0 Å². The smallest absolute Gasteiger partial charge is 0.334 e. The molecule has 0 saturated carbocycles. The lowest BCUT2D eigenvalue weighted by Gasteiger charge is -2.36. The molecule has 0 fully saturated rings. The molecule has 4 heteroatoms. The molecule has 0 radical (unpaired) electrons. The summed E-state index contributed by atoms with van der Waals surface area (Å²) in [7, 11) is -1.93. The molecular weight excluding hydrogens is 232 g/mol. The molecule has 0 spiro atoms. The van der Waals surface area contributed by atoms with Crippen molar-refractivity contribution >= 4 is 14.3 Å². The summed E-state index contributed by atoms with van der Waals surface area (Å²) < 4.78 is 10.8. The molecule has 3 nitrogen and oxygen atoms in total. The van der Waals surface area contributed by atoms with Gasteiger partial charge < -0.3 is 9.16 Å². The fraction of sp³-hybridized carbons (Fsp3) is 0.615. The Morgan fingerprint density at radius 2 is 1.88 bits per heavy atom. The van der Waals surface area contributed by atoms with Gasteiger partial charge in [-0.05, 0) is 31.1 Å². The zero-order chi connectivity index (χ0) is 13.7. The lowest BCUT2D eigenvalue weighted by Crippen LogP contribution is -2.40. The van der Waals surface area contributed by atoms with E-state index in [0.717, 1.165) is 0 Å². The Labute approximate surface area is 106 Å². The molecule has 0 aliphatic rings. The van der Waals surface area contributed by atoms with E-state index >= 15 is 0 Å². The molecule has 0 bridgehead atoms. The van der Waals surface area contributed by atoms with Gasteiger partial charge >= 0.3 is 5.97 Å². The molecule has 0 unspecified atom stereocenters. The fourth-order valence-electron chi connectivity index (χ4n) is 0.878. The molecule has 0 aromatic heterocycles. The van der Waals surface area contributed by atoms with Crippen LogP contribution >= 0.6 is 0 Å². The Balaban J connectivity index is 4.83. The van der Waals surface area contributed by atoms with E-state index in [0.29, 0.717) is 12.4 Å². The summed E-state index contributed by atoms with van der Waals surface area (Å²) in [5.74, 6) is 0.108. The molecule has 0 aliphatic carbocycles. The van der Waals surface area contributed by atoms with Gasteiger partial charge in [0.15, 0.2) is 0 Å². The minimum absolute atomic E-state index is 0.0871. The molecule has 17 heavy (non-hydrogen) atoms. The van der Waals surface area contributed by atoms with Crippen LogP contribution in [0.3, 0.4) is 0 Å². The first-order valence-electron chi connectivity index (χ1n) is 5.84. The number of hydrogen-bond acceptors (Lipinski definition) is 3. The van der Waals surface area contributed by atoms with Crippen LogP contribution in [0.4, 0.5) is 0 Å². The first-order valence-corrected chi connectivity index (χ1v) is 8.74. The number of esters is 1. The Kier molecular flexibility index (Phi) is 5.68. The third-order valence-electron chi connectivity index (χ3n) is 2.93. The van der Waals surface area contributed by atoms with E-state index in [1.807, 2.05) is 0 Å². The first-order chi connectivity index (χ1) is 7.64. The Morgan fingerprint density at radius 3 is 2.24 bits per heavy atom. The molecular formula is C13H24O3Si. The van der Waals surface area contributed by atoms with Crippen molar-refractivity contribution in [2.45, 2.75) is 45.8 Å². The average molecular weight is 256 g/mol. The summed E-state index contributed by atoms with van der Waals surface area (Å²) in [6.07, 6.45) is 2.91. The Bertz CT molecular complexity index is 311. The van der Waals surface area contributed by atoms with Crippen LogP contribution in [0, 0.1) is 0 Å². The fourth-order valence-corrected chi connectivity index (χ4v) is 1.92. The minimum Gasteiger partial charge on any atom is -0.543 e. The summed E-state index contributed by atoms with van der Waals surface area (Å²) in [4.78, 5) is 11.3. The predicted molar refractivity (Wildman–Crippen MR) is 73.2 cm³/mol. The van der Waals surface area contributed by atoms with Crippen LogP contribution in [0.1, 0.15) is 27.7 Å². The van der Waals surface area contributed by atoms with Crippen molar-refractivity contribution in [3.63, 3.8) is 0 Å². The third kappa shape index (κ3) is 5.22. The van der Waals surface area contributed by atoms with Crippen LogP contribution in [0.2, 0.25) is 18.1 Å². The largest absolute Gasteiger partial charge is 0.543 e. The molecule has 0 amide bonds. The van der Waals surface area contributed by atoms with E-state index in [1.165, 1.54) is 6.08 Å². The zero-order valence-electron chi connectivity index (χ0n) is 11.8. The van der Waals surface area contributed by atoms with E-state index in [4.69, 9.17) is 9.16 Å². The topological polar surface area (TPSA) is 35.5 Å². The average Bonchev–Trinajstić information content (AvgIpc) is 2.14. The maximum Gasteiger partial charge on any atom is 0.334 e. The number of allylic oxidation sites excluding steroid dienone is 1. The van der Waals surface area contributed by atoms with Gasteiger partial charge in [-0.2, -0.15) is 0 Å². The minimum atomic E-state index is -1.93. The van der Waals surface area contributed by atoms with Crippen LogP contribution in [0.15, 0.2) is 24.5 Å². The van der Waals surface area contributed by atoms with E-state index in [2.05, 4.69) is 40.4 Å². The number of rotatable bonds is 5. The SMILES string of the molecule is C=C/C(=C/C(=O)OCC)O[Si](C)(C)C(C)(C)C. The molecule has 0 aliphatic heterocycles. The number of hydrogen-bond donors (Lipinski definition) is 0. The lowest BCUT2D eigenvalue weighted by molar-refractivity contribution is -0.137. The summed E-state index contributed by atoms with van der Waals surface area (Å²) in [5, 5.41) is 0.0871. The van der Waals surface area contributed by atoms with Crippen molar-refractivity contribution in [1.29, 1.82) is 0 Å². The van der Waals surface area contributed by atoms with Crippen molar-refractivity contribution in [2.24, 2.45) is 0 Å². The first kappa shape index (κ1) is 16.0. The highest BCUT2D eigenvalue weighted by molar-refractivity contribution is 6.74. The molecule has 98 valence electrons. The zero-order valence-corrected chi connectivity index (χ0v) is 12.8. The van der Waals surface area contributed by atoms with Crippen LogP contribution < -0.4 is 0 Å². The van der Waals surface area contributed by atoms with Gasteiger partial charge in [0.25, 0.3) is 0 Å². The second-order valence-corrected chi connectivity index (χ2v) is 10.1. The van der Waals surface area contributed by atoms with Crippen molar-refractivity contribution < 1.29 is 14.0 Å². The van der Waals surface area contributed by atoms with Gasteiger partial charge in [-0.25, -0.2) is 4.79 Å². The van der Waals surface area contributed by atoms with Crippen LogP contribution in [-0.4, -0.2) is 20.9 Å². The quantitative estimate of drug-likeness (QED) is 0.248. The highest BCUT2D eigenvalue weighted by Crippen LogP contribution is 2.37. The predicted octanol–water partition coefficient (Wildman–Crippen LogP) is 3.64. The molecule has 0 aromatic rings. The van der Waals surface area contributed by atoms with Crippen LogP contribution in [-0.2, 0) is 14.0 Å². The van der Waals surface area contributed by atoms with Gasteiger partial charge in [0.1, 0.15) is 5.76 Å². The molecule has 0 aromatic carbocycles. The van der Waals surface area contributed by atoms with Gasteiger partial charge in [0.05, 0.1) is 12.7 Å². The number of ether oxygens (including phenoxy) is 1. The maximum absolute atomic E-state index is 11.3. The van der Waals surface area contributed by atoms with Gasteiger partial charge in [0.2, 0.25) is 8.32 Å². The van der Waals surface area contributed by atoms with Crippen LogP contribution in [0.25, 0.3) is 0 Å². The van der Waals surface area contributed by atoms with Gasteiger partial charge in [-0.1, -0.05) is 27.4 Å². The number of carbonyl (C=O) groups excluding carboxylic acids is 1. The number of carbonyl (C=O) groups is 1. The Hall–Kier alpha value is -1.03. The van der Waals surface area contributed by atoms with E-state index in [1.54, 1.807) is 13.0 Å². The molecule has 0 heterocycles. The van der Waals surface area contributed by atoms with Crippen molar-refractivity contribution in [3.8, 4) is 0 Å². The summed E-state index contributed by atoms with van der Waals surface area (Å²) >= 11 is 0. The third-order valence-corrected chi connectivity index (χ3v) is 7.29. The van der Waals surface area contributed by atoms with Crippen molar-refractivity contribution in [1.82, 2.24) is 0 Å².